The Balaban J connectivity index is 2.02. The number of nitrogens with two attached hydrogens (primary N) is 1. The van der Waals surface area contributed by atoms with Crippen LogP contribution in [0.3, 0.4) is 0 Å². The van der Waals surface area contributed by atoms with Gasteiger partial charge in [-0.05, 0) is 31.0 Å². The van der Waals surface area contributed by atoms with Crippen LogP contribution in [0.4, 0.5) is 0 Å². The first-order valence-corrected chi connectivity index (χ1v) is 7.56. The second-order valence-corrected chi connectivity index (χ2v) is 5.23. The first kappa shape index (κ1) is 14.9. The number of rotatable bonds is 7. The van der Waals surface area contributed by atoms with Gasteiger partial charge in [-0.2, -0.15) is 5.10 Å². The van der Waals surface area contributed by atoms with Crippen LogP contribution >= 0.6 is 0 Å². The quantitative estimate of drug-likeness (QED) is 0.839. The Hall–Kier alpha value is -1.55. The van der Waals surface area contributed by atoms with Crippen LogP contribution in [0, 0.1) is 0 Å². The molecule has 0 bridgehead atoms. The van der Waals surface area contributed by atoms with Crippen LogP contribution in [-0.4, -0.2) is 9.78 Å². The predicted molar refractivity (Wildman–Crippen MR) is 80.6 cm³/mol. The van der Waals surface area contributed by atoms with E-state index in [0.717, 1.165) is 36.5 Å². The molecule has 0 saturated heterocycles. The lowest BCUT2D eigenvalue weighted by Gasteiger charge is -2.12. The molecule has 0 aliphatic carbocycles. The van der Waals surface area contributed by atoms with Crippen LogP contribution in [0.5, 0.6) is 0 Å². The second kappa shape index (κ2) is 6.75. The molecular weight excluding hydrogens is 250 g/mol. The van der Waals surface area contributed by atoms with Crippen LogP contribution in [0.15, 0.2) is 28.8 Å². The van der Waals surface area contributed by atoms with E-state index in [1.54, 1.807) is 0 Å². The summed E-state index contributed by atoms with van der Waals surface area (Å²) in [5.41, 5.74) is 7.23. The zero-order chi connectivity index (χ0) is 14.5. The predicted octanol–water partition coefficient (Wildman–Crippen LogP) is 3.64. The highest BCUT2D eigenvalue weighted by Gasteiger charge is 2.14. The van der Waals surface area contributed by atoms with Crippen molar-refractivity contribution in [2.45, 2.75) is 58.5 Å². The third-order valence-corrected chi connectivity index (χ3v) is 3.81. The molecule has 4 heteroatoms. The van der Waals surface area contributed by atoms with Gasteiger partial charge in [-0.3, -0.25) is 4.68 Å². The summed E-state index contributed by atoms with van der Waals surface area (Å²) >= 11 is 0. The Morgan fingerprint density at radius 2 is 1.95 bits per heavy atom. The Bertz CT molecular complexity index is 525. The van der Waals surface area contributed by atoms with Crippen LogP contribution in [-0.2, 0) is 12.8 Å². The van der Waals surface area contributed by atoms with Crippen molar-refractivity contribution in [3.05, 3.63) is 41.6 Å². The molecule has 0 spiro atoms. The fourth-order valence-corrected chi connectivity index (χ4v) is 2.46. The van der Waals surface area contributed by atoms with E-state index in [2.05, 4.69) is 42.8 Å². The van der Waals surface area contributed by atoms with Crippen LogP contribution in [0.2, 0.25) is 0 Å². The van der Waals surface area contributed by atoms with E-state index in [1.165, 1.54) is 0 Å². The molecule has 0 aliphatic heterocycles. The maximum absolute atomic E-state index is 6.20. The highest BCUT2D eigenvalue weighted by molar-refractivity contribution is 5.13. The lowest BCUT2D eigenvalue weighted by molar-refractivity contribution is 0.416. The van der Waals surface area contributed by atoms with Crippen molar-refractivity contribution < 1.29 is 4.42 Å². The molecule has 2 heterocycles. The Labute approximate surface area is 121 Å². The minimum atomic E-state index is -0.125. The summed E-state index contributed by atoms with van der Waals surface area (Å²) in [5, 5.41) is 4.64. The standard InChI is InChI=1S/C16H25N3O/c1-4-13(5-2)19-10-9-12(18-19)11-15(17)16-8-7-14(6-3)20-16/h7-10,13,15H,4-6,11,17H2,1-3H3. The van der Waals surface area contributed by atoms with Crippen molar-refractivity contribution >= 4 is 0 Å². The SMILES string of the molecule is CCc1ccc(C(N)Cc2ccn(C(CC)CC)n2)o1. The summed E-state index contributed by atoms with van der Waals surface area (Å²) in [5.74, 6) is 1.83. The molecule has 20 heavy (non-hydrogen) atoms. The van der Waals surface area contributed by atoms with E-state index in [4.69, 9.17) is 10.2 Å². The molecule has 0 radical (unpaired) electrons. The Morgan fingerprint density at radius 3 is 2.55 bits per heavy atom. The van der Waals surface area contributed by atoms with Gasteiger partial charge >= 0.3 is 0 Å². The van der Waals surface area contributed by atoms with Crippen molar-refractivity contribution in [2.75, 3.05) is 0 Å². The van der Waals surface area contributed by atoms with Crippen LogP contribution in [0.1, 0.15) is 62.9 Å². The van der Waals surface area contributed by atoms with Crippen molar-refractivity contribution in [2.24, 2.45) is 5.73 Å². The summed E-state index contributed by atoms with van der Waals surface area (Å²) in [6.07, 6.45) is 5.86. The van der Waals surface area contributed by atoms with E-state index in [-0.39, 0.29) is 6.04 Å². The van der Waals surface area contributed by atoms with E-state index in [9.17, 15) is 0 Å². The third kappa shape index (κ3) is 3.31. The summed E-state index contributed by atoms with van der Waals surface area (Å²) in [6, 6.07) is 6.39. The molecule has 1 atom stereocenters. The van der Waals surface area contributed by atoms with Gasteiger partial charge in [0.05, 0.1) is 17.8 Å². The molecule has 0 amide bonds. The fraction of sp³-hybridized carbons (Fsp3) is 0.562. The molecule has 2 aromatic rings. The fourth-order valence-electron chi connectivity index (χ4n) is 2.46. The number of aromatic nitrogens is 2. The van der Waals surface area contributed by atoms with E-state index in [1.807, 2.05) is 12.1 Å². The Kier molecular flexibility index (Phi) is 5.01. The molecular formula is C16H25N3O. The van der Waals surface area contributed by atoms with Gasteiger partial charge in [0.25, 0.3) is 0 Å². The number of aryl methyl sites for hydroxylation is 1. The highest BCUT2D eigenvalue weighted by Crippen LogP contribution is 2.20. The first-order chi connectivity index (χ1) is 9.67. The van der Waals surface area contributed by atoms with E-state index < -0.39 is 0 Å². The van der Waals surface area contributed by atoms with Gasteiger partial charge in [0, 0.05) is 19.0 Å². The average molecular weight is 275 g/mol. The van der Waals surface area contributed by atoms with Crippen LogP contribution in [0.25, 0.3) is 0 Å². The van der Waals surface area contributed by atoms with Crippen molar-refractivity contribution in [3.8, 4) is 0 Å². The van der Waals surface area contributed by atoms with Crippen molar-refractivity contribution in [1.29, 1.82) is 0 Å². The van der Waals surface area contributed by atoms with Crippen molar-refractivity contribution in [3.63, 3.8) is 0 Å². The second-order valence-electron chi connectivity index (χ2n) is 5.23. The summed E-state index contributed by atoms with van der Waals surface area (Å²) < 4.78 is 7.76. The average Bonchev–Trinajstić information content (AvgIpc) is 3.09. The molecule has 2 aromatic heterocycles. The molecule has 4 nitrogen and oxygen atoms in total. The maximum atomic E-state index is 6.20. The number of furan rings is 1. The van der Waals surface area contributed by atoms with Gasteiger partial charge < -0.3 is 10.2 Å². The molecule has 1 unspecified atom stereocenters. The molecule has 0 saturated carbocycles. The van der Waals surface area contributed by atoms with E-state index >= 15 is 0 Å². The molecule has 0 aromatic carbocycles. The van der Waals surface area contributed by atoms with Gasteiger partial charge in [-0.25, -0.2) is 0 Å². The minimum absolute atomic E-state index is 0.125. The highest BCUT2D eigenvalue weighted by atomic mass is 16.3. The van der Waals surface area contributed by atoms with Gasteiger partial charge in [0.1, 0.15) is 11.5 Å². The molecule has 0 fully saturated rings. The van der Waals surface area contributed by atoms with Crippen LogP contribution < -0.4 is 5.73 Å². The molecule has 2 rings (SSSR count). The topological polar surface area (TPSA) is 57.0 Å². The summed E-state index contributed by atoms with van der Waals surface area (Å²) in [4.78, 5) is 0. The van der Waals surface area contributed by atoms with Crippen molar-refractivity contribution in [1.82, 2.24) is 9.78 Å². The molecule has 2 N–H and O–H groups in total. The number of hydrogen-bond acceptors (Lipinski definition) is 3. The zero-order valence-corrected chi connectivity index (χ0v) is 12.7. The normalized spacial score (nSPS) is 13.1. The summed E-state index contributed by atoms with van der Waals surface area (Å²) in [7, 11) is 0. The lowest BCUT2D eigenvalue weighted by atomic mass is 10.1. The maximum Gasteiger partial charge on any atom is 0.121 e. The first-order valence-electron chi connectivity index (χ1n) is 7.56. The number of hydrogen-bond donors (Lipinski definition) is 1. The lowest BCUT2D eigenvalue weighted by Crippen LogP contribution is -2.14. The third-order valence-electron chi connectivity index (χ3n) is 3.81. The monoisotopic (exact) mass is 275 g/mol. The van der Waals surface area contributed by atoms with Gasteiger partial charge in [-0.15, -0.1) is 0 Å². The molecule has 110 valence electrons. The molecule has 0 aliphatic rings. The smallest absolute Gasteiger partial charge is 0.121 e. The van der Waals surface area contributed by atoms with Gasteiger partial charge in [0.2, 0.25) is 0 Å². The van der Waals surface area contributed by atoms with Gasteiger partial charge in [-0.1, -0.05) is 20.8 Å². The zero-order valence-electron chi connectivity index (χ0n) is 12.7. The summed E-state index contributed by atoms with van der Waals surface area (Å²) in [6.45, 7) is 6.46. The number of nitrogens with zero attached hydrogens (tertiary/aromatic N) is 2. The largest absolute Gasteiger partial charge is 0.464 e. The van der Waals surface area contributed by atoms with E-state index in [0.29, 0.717) is 12.5 Å². The Morgan fingerprint density at radius 1 is 1.20 bits per heavy atom. The van der Waals surface area contributed by atoms with Gasteiger partial charge in [0.15, 0.2) is 0 Å². The minimum Gasteiger partial charge on any atom is -0.464 e.